The monoisotopic (exact) mass is 519 g/mol. The van der Waals surface area contributed by atoms with E-state index in [9.17, 15) is 4.79 Å². The van der Waals surface area contributed by atoms with Crippen LogP contribution in [-0.2, 0) is 17.9 Å². The zero-order chi connectivity index (χ0) is 27.0. The first-order valence-electron chi connectivity index (χ1n) is 13.4. The molecular formula is C32H33N5O2. The van der Waals surface area contributed by atoms with E-state index in [1.807, 2.05) is 53.3 Å². The highest BCUT2D eigenvalue weighted by Crippen LogP contribution is 2.45. The molecule has 2 N–H and O–H groups in total. The van der Waals surface area contributed by atoms with E-state index < -0.39 is 0 Å². The molecule has 4 aromatic rings. The van der Waals surface area contributed by atoms with Crippen LogP contribution in [0.15, 0.2) is 90.3 Å². The van der Waals surface area contributed by atoms with Crippen LogP contribution in [0.2, 0.25) is 0 Å². The molecule has 1 unspecified atom stereocenters. The van der Waals surface area contributed by atoms with Gasteiger partial charge >= 0.3 is 0 Å². The van der Waals surface area contributed by atoms with Crippen LogP contribution in [0.5, 0.6) is 5.75 Å². The average Bonchev–Trinajstić information content (AvgIpc) is 3.27. The van der Waals surface area contributed by atoms with Crippen molar-refractivity contribution in [2.45, 2.75) is 52.8 Å². The van der Waals surface area contributed by atoms with Gasteiger partial charge in [0.1, 0.15) is 18.1 Å². The Hall–Kier alpha value is -4.39. The number of rotatable bonds is 6. The molecule has 1 atom stereocenters. The smallest absolute Gasteiger partial charge is 0.163 e. The molecule has 0 saturated carbocycles. The van der Waals surface area contributed by atoms with Gasteiger partial charge in [0.25, 0.3) is 0 Å². The molecule has 0 spiro atoms. The first-order valence-corrected chi connectivity index (χ1v) is 13.4. The lowest BCUT2D eigenvalue weighted by atomic mass is 9.73. The molecule has 1 aliphatic carbocycles. The molecule has 2 aliphatic rings. The maximum Gasteiger partial charge on any atom is 0.163 e. The summed E-state index contributed by atoms with van der Waals surface area (Å²) in [5.74, 6) is 0.928. The number of aryl methyl sites for hydroxylation is 1. The predicted octanol–water partition coefficient (Wildman–Crippen LogP) is 6.44. The van der Waals surface area contributed by atoms with Gasteiger partial charge in [0.05, 0.1) is 30.2 Å². The summed E-state index contributed by atoms with van der Waals surface area (Å²) in [5, 5.41) is 15.7. The number of nitrogens with zero attached hydrogens (tertiary/aromatic N) is 3. The van der Waals surface area contributed by atoms with Gasteiger partial charge in [-0.2, -0.15) is 0 Å². The van der Waals surface area contributed by atoms with Crippen LogP contribution in [0.4, 0.5) is 11.4 Å². The molecule has 6 rings (SSSR count). The quantitative estimate of drug-likeness (QED) is 0.305. The Kier molecular flexibility index (Phi) is 6.43. The number of fused-ring (bicyclic) bond motifs is 1. The minimum Gasteiger partial charge on any atom is -0.487 e. The van der Waals surface area contributed by atoms with Crippen LogP contribution in [0.25, 0.3) is 0 Å². The van der Waals surface area contributed by atoms with Gasteiger partial charge in [-0.05, 0) is 54.2 Å². The molecule has 7 heteroatoms. The second kappa shape index (κ2) is 10.1. The third kappa shape index (κ3) is 5.43. The molecule has 39 heavy (non-hydrogen) atoms. The summed E-state index contributed by atoms with van der Waals surface area (Å²) in [7, 11) is 0. The van der Waals surface area contributed by atoms with E-state index in [1.54, 1.807) is 0 Å². The van der Waals surface area contributed by atoms with Crippen LogP contribution in [0.3, 0.4) is 0 Å². The molecule has 198 valence electrons. The number of ketones is 1. The largest absolute Gasteiger partial charge is 0.487 e. The fourth-order valence-corrected chi connectivity index (χ4v) is 5.53. The van der Waals surface area contributed by atoms with Crippen molar-refractivity contribution in [3.05, 3.63) is 113 Å². The van der Waals surface area contributed by atoms with Crippen LogP contribution in [0.1, 0.15) is 55.1 Å². The maximum atomic E-state index is 13.4. The molecule has 0 fully saturated rings. The minimum atomic E-state index is -0.240. The van der Waals surface area contributed by atoms with E-state index in [0.29, 0.717) is 19.6 Å². The lowest BCUT2D eigenvalue weighted by Crippen LogP contribution is -2.31. The number of hydrogen-bond donors (Lipinski definition) is 2. The van der Waals surface area contributed by atoms with E-state index in [1.165, 1.54) is 11.1 Å². The zero-order valence-electron chi connectivity index (χ0n) is 22.6. The minimum absolute atomic E-state index is 0.0771. The number of Topliss-reactive ketones (excluding diaryl/α,β-unsaturated/α-hetero) is 1. The third-order valence-electron chi connectivity index (χ3n) is 7.33. The number of anilines is 2. The number of carbonyl (C=O) groups is 1. The molecule has 0 radical (unpaired) electrons. The fraction of sp³-hybridized carbons (Fsp3) is 0.281. The van der Waals surface area contributed by atoms with Crippen molar-refractivity contribution in [1.29, 1.82) is 0 Å². The van der Waals surface area contributed by atoms with Crippen molar-refractivity contribution in [2.24, 2.45) is 5.41 Å². The molecule has 1 aliphatic heterocycles. The molecule has 0 bridgehead atoms. The third-order valence-corrected chi connectivity index (χ3v) is 7.33. The summed E-state index contributed by atoms with van der Waals surface area (Å²) >= 11 is 0. The number of ether oxygens (including phenoxy) is 1. The number of para-hydroxylation sites is 2. The van der Waals surface area contributed by atoms with E-state index in [2.05, 4.69) is 72.0 Å². The molecule has 0 saturated heterocycles. The Morgan fingerprint density at radius 3 is 2.59 bits per heavy atom. The number of hydrogen-bond acceptors (Lipinski definition) is 6. The highest BCUT2D eigenvalue weighted by molar-refractivity contribution is 6.01. The molecular weight excluding hydrogens is 486 g/mol. The van der Waals surface area contributed by atoms with Crippen molar-refractivity contribution in [3.8, 4) is 5.75 Å². The summed E-state index contributed by atoms with van der Waals surface area (Å²) in [6.45, 7) is 7.39. The average molecular weight is 520 g/mol. The normalized spacial score (nSPS) is 17.9. The molecule has 0 amide bonds. The van der Waals surface area contributed by atoms with Crippen LogP contribution < -0.4 is 15.4 Å². The Morgan fingerprint density at radius 1 is 1.00 bits per heavy atom. The van der Waals surface area contributed by atoms with Gasteiger partial charge in [0.15, 0.2) is 5.78 Å². The standard InChI is InChI=1S/C32H33N5O2/c1-21-7-6-8-22(15-21)18-37-19-24(35-36-37)20-39-25-13-11-23(12-14-25)31-30-28(16-32(2,3)17-29(30)38)33-26-9-4-5-10-27(26)34-31/h4-15,19,31,33-34H,16-18,20H2,1-3H3. The summed E-state index contributed by atoms with van der Waals surface area (Å²) in [5.41, 5.74) is 7.93. The molecule has 2 heterocycles. The Morgan fingerprint density at radius 2 is 1.79 bits per heavy atom. The van der Waals surface area contributed by atoms with Crippen LogP contribution in [0, 0.1) is 12.3 Å². The lowest BCUT2D eigenvalue weighted by Gasteiger charge is -2.34. The fourth-order valence-electron chi connectivity index (χ4n) is 5.53. The van der Waals surface area contributed by atoms with Gasteiger partial charge < -0.3 is 15.4 Å². The number of benzene rings is 3. The number of allylic oxidation sites excluding steroid dienone is 1. The topological polar surface area (TPSA) is 81.1 Å². The summed E-state index contributed by atoms with van der Waals surface area (Å²) in [6.07, 6.45) is 3.28. The summed E-state index contributed by atoms with van der Waals surface area (Å²) < 4.78 is 7.85. The second-order valence-corrected chi connectivity index (χ2v) is 11.3. The van der Waals surface area contributed by atoms with Gasteiger partial charge in [-0.1, -0.05) is 73.2 Å². The van der Waals surface area contributed by atoms with Crippen molar-refractivity contribution in [3.63, 3.8) is 0 Å². The van der Waals surface area contributed by atoms with Gasteiger partial charge in [0.2, 0.25) is 0 Å². The SMILES string of the molecule is Cc1cccc(Cn2cc(COc3ccc(C4Nc5ccccc5NC5=C4C(=O)CC(C)(C)C5)cc3)nn2)c1. The van der Waals surface area contributed by atoms with Crippen molar-refractivity contribution in [2.75, 3.05) is 10.6 Å². The second-order valence-electron chi connectivity index (χ2n) is 11.3. The zero-order valence-corrected chi connectivity index (χ0v) is 22.6. The predicted molar refractivity (Wildman–Crippen MR) is 153 cm³/mol. The lowest BCUT2D eigenvalue weighted by molar-refractivity contribution is -0.118. The summed E-state index contributed by atoms with van der Waals surface area (Å²) in [6, 6.07) is 24.2. The van der Waals surface area contributed by atoms with Crippen LogP contribution in [-0.4, -0.2) is 20.8 Å². The van der Waals surface area contributed by atoms with Gasteiger partial charge in [0, 0.05) is 17.7 Å². The van der Waals surface area contributed by atoms with Crippen LogP contribution >= 0.6 is 0 Å². The first kappa shape index (κ1) is 24.9. The van der Waals surface area contributed by atoms with E-state index in [0.717, 1.165) is 46.1 Å². The Balaban J connectivity index is 1.18. The molecule has 7 nitrogen and oxygen atoms in total. The highest BCUT2D eigenvalue weighted by Gasteiger charge is 2.38. The van der Waals surface area contributed by atoms with Gasteiger partial charge in [-0.15, -0.1) is 5.10 Å². The van der Waals surface area contributed by atoms with Crippen molar-refractivity contribution < 1.29 is 9.53 Å². The summed E-state index contributed by atoms with van der Waals surface area (Å²) in [4.78, 5) is 13.4. The van der Waals surface area contributed by atoms with Gasteiger partial charge in [-0.25, -0.2) is 4.68 Å². The van der Waals surface area contributed by atoms with E-state index in [-0.39, 0.29) is 17.2 Å². The van der Waals surface area contributed by atoms with E-state index >= 15 is 0 Å². The number of carbonyl (C=O) groups excluding carboxylic acids is 1. The molecule has 1 aromatic heterocycles. The van der Waals surface area contributed by atoms with Crippen molar-refractivity contribution in [1.82, 2.24) is 15.0 Å². The highest BCUT2D eigenvalue weighted by atomic mass is 16.5. The maximum absolute atomic E-state index is 13.4. The Bertz CT molecular complexity index is 1550. The number of nitrogens with one attached hydrogen (secondary N) is 2. The number of aromatic nitrogens is 3. The van der Waals surface area contributed by atoms with Gasteiger partial charge in [-0.3, -0.25) is 4.79 Å². The van der Waals surface area contributed by atoms with Crippen molar-refractivity contribution >= 4 is 17.2 Å². The molecule has 3 aromatic carbocycles. The first-order chi connectivity index (χ1) is 18.8. The Labute approximate surface area is 228 Å². The van der Waals surface area contributed by atoms with E-state index in [4.69, 9.17) is 4.74 Å².